The van der Waals surface area contributed by atoms with Crippen LogP contribution < -0.4 is 39.4 Å². The Kier molecular flexibility index (Phi) is 6.50. The maximum Gasteiger partial charge on any atom is 1.00 e. The van der Waals surface area contributed by atoms with Gasteiger partial charge in [0.05, 0.1) is 18.7 Å². The zero-order valence-corrected chi connectivity index (χ0v) is 11.1. The third kappa shape index (κ3) is 4.07. The predicted molar refractivity (Wildman–Crippen MR) is 51.6 cm³/mol. The first-order valence-electron chi connectivity index (χ1n) is 4.14. The van der Waals surface area contributed by atoms with Gasteiger partial charge < -0.3 is 14.6 Å². The Morgan fingerprint density at radius 3 is 2.38 bits per heavy atom. The van der Waals surface area contributed by atoms with Crippen molar-refractivity contribution in [3.05, 3.63) is 35.4 Å². The second-order valence-electron chi connectivity index (χ2n) is 2.73. The summed E-state index contributed by atoms with van der Waals surface area (Å²) in [6.07, 6.45) is 1.24. The van der Waals surface area contributed by atoms with Crippen molar-refractivity contribution in [2.24, 2.45) is 0 Å². The van der Waals surface area contributed by atoms with Gasteiger partial charge in [-0.15, -0.1) is 0 Å². The normalized spacial score (nSPS) is 9.88. The number of hydrogen-bond acceptors (Lipinski definition) is 4. The Bertz CT molecular complexity index is 432. The van der Waals surface area contributed by atoms with Gasteiger partial charge in [-0.2, -0.15) is 5.26 Å². The van der Waals surface area contributed by atoms with Crippen LogP contribution in [0.25, 0.3) is 6.08 Å². The van der Waals surface area contributed by atoms with Gasteiger partial charge in [0.25, 0.3) is 0 Å². The van der Waals surface area contributed by atoms with Gasteiger partial charge in [0.15, 0.2) is 0 Å². The molecule has 1 rings (SSSR count). The van der Waals surface area contributed by atoms with Gasteiger partial charge in [-0.25, -0.2) is 0 Å². The molecule has 0 aliphatic carbocycles. The summed E-state index contributed by atoms with van der Waals surface area (Å²) in [5.41, 5.74) is 0.205. The molecule has 76 valence electrons. The quantitative estimate of drug-likeness (QED) is 0.320. The van der Waals surface area contributed by atoms with Crippen molar-refractivity contribution in [3.8, 4) is 11.8 Å². The standard InChI is InChI=1S/C11H9NO3.Na/c1-15-10-4-2-8(3-5-10)6-9(7-12)11(13)14;/h2-6H,1H3,(H,13,14);/q;+1/p-1/b9-6+;. The largest absolute Gasteiger partial charge is 1.00 e. The first-order valence-corrected chi connectivity index (χ1v) is 4.14. The molecule has 1 aromatic rings. The number of hydrogen-bond donors (Lipinski definition) is 0. The molecule has 5 heteroatoms. The molecular weight excluding hydrogens is 217 g/mol. The molecule has 0 saturated carbocycles. The van der Waals surface area contributed by atoms with Crippen molar-refractivity contribution in [2.75, 3.05) is 7.11 Å². The number of nitrogens with zero attached hydrogens (tertiary/aromatic N) is 1. The molecule has 0 spiro atoms. The summed E-state index contributed by atoms with van der Waals surface area (Å²) in [6.45, 7) is 0. The molecular formula is C11H8NNaO3. The molecule has 0 aromatic heterocycles. The van der Waals surface area contributed by atoms with Crippen molar-refractivity contribution < 1.29 is 44.2 Å². The monoisotopic (exact) mass is 225 g/mol. The van der Waals surface area contributed by atoms with Crippen LogP contribution in [0, 0.1) is 11.3 Å². The van der Waals surface area contributed by atoms with Gasteiger partial charge in [-0.05, 0) is 23.8 Å². The number of aliphatic carboxylic acids is 1. The summed E-state index contributed by atoms with van der Waals surface area (Å²) < 4.78 is 4.93. The van der Waals surface area contributed by atoms with E-state index in [4.69, 9.17) is 10.00 Å². The van der Waals surface area contributed by atoms with Crippen LogP contribution in [0.5, 0.6) is 5.75 Å². The zero-order chi connectivity index (χ0) is 11.3. The van der Waals surface area contributed by atoms with E-state index in [1.165, 1.54) is 13.2 Å². The maximum atomic E-state index is 10.4. The van der Waals surface area contributed by atoms with Gasteiger partial charge in [-0.1, -0.05) is 12.1 Å². The average Bonchev–Trinajstić information content (AvgIpc) is 2.26. The van der Waals surface area contributed by atoms with E-state index in [0.717, 1.165) is 0 Å². The number of ether oxygens (including phenoxy) is 1. The molecule has 0 radical (unpaired) electrons. The summed E-state index contributed by atoms with van der Waals surface area (Å²) in [5.74, 6) is -0.813. The molecule has 1 aromatic carbocycles. The first-order chi connectivity index (χ1) is 7.17. The van der Waals surface area contributed by atoms with Gasteiger partial charge in [0.2, 0.25) is 0 Å². The Morgan fingerprint density at radius 1 is 1.44 bits per heavy atom. The molecule has 0 amide bonds. The number of benzene rings is 1. The predicted octanol–water partition coefficient (Wildman–Crippen LogP) is -2.64. The molecule has 0 heterocycles. The topological polar surface area (TPSA) is 73.1 Å². The molecule has 0 unspecified atom stereocenters. The van der Waals surface area contributed by atoms with Gasteiger partial charge in [0.1, 0.15) is 11.8 Å². The van der Waals surface area contributed by atoms with E-state index in [0.29, 0.717) is 11.3 Å². The molecule has 0 N–H and O–H groups in total. The first kappa shape index (κ1) is 14.7. The van der Waals surface area contributed by atoms with Crippen molar-refractivity contribution >= 4 is 12.0 Å². The van der Waals surface area contributed by atoms with Gasteiger partial charge in [-0.3, -0.25) is 0 Å². The van der Waals surface area contributed by atoms with Crippen molar-refractivity contribution in [1.82, 2.24) is 0 Å². The van der Waals surface area contributed by atoms with E-state index in [1.807, 2.05) is 0 Å². The number of nitriles is 1. The van der Waals surface area contributed by atoms with E-state index >= 15 is 0 Å². The average molecular weight is 225 g/mol. The summed E-state index contributed by atoms with van der Waals surface area (Å²) in [4.78, 5) is 10.4. The molecule has 0 fully saturated rings. The van der Waals surface area contributed by atoms with Crippen LogP contribution >= 0.6 is 0 Å². The Balaban J connectivity index is 0.00000225. The number of carbonyl (C=O) groups excluding carboxylic acids is 1. The number of carboxylic acid groups (broad SMARTS) is 1. The Morgan fingerprint density at radius 2 is 2.00 bits per heavy atom. The number of rotatable bonds is 3. The maximum absolute atomic E-state index is 10.4. The Labute approximate surface area is 115 Å². The minimum Gasteiger partial charge on any atom is -0.544 e. The summed E-state index contributed by atoms with van der Waals surface area (Å²) in [7, 11) is 1.53. The second-order valence-corrected chi connectivity index (χ2v) is 2.73. The molecule has 0 aliphatic heterocycles. The Hall–Kier alpha value is -1.28. The van der Waals surface area contributed by atoms with Crippen LogP contribution in [0.1, 0.15) is 5.56 Å². The molecule has 0 bridgehead atoms. The number of carbonyl (C=O) groups is 1. The number of carboxylic acids is 1. The van der Waals surface area contributed by atoms with Crippen LogP contribution in [-0.4, -0.2) is 13.1 Å². The molecule has 4 nitrogen and oxygen atoms in total. The van der Waals surface area contributed by atoms with E-state index in [-0.39, 0.29) is 29.6 Å². The summed E-state index contributed by atoms with van der Waals surface area (Å²) >= 11 is 0. The number of methoxy groups -OCH3 is 1. The smallest absolute Gasteiger partial charge is 0.544 e. The SMILES string of the molecule is COc1ccc(/C=C(\C#N)C(=O)[O-])cc1.[Na+]. The summed E-state index contributed by atoms with van der Waals surface area (Å²) in [6, 6.07) is 8.20. The van der Waals surface area contributed by atoms with Crippen molar-refractivity contribution in [1.29, 1.82) is 5.26 Å². The third-order valence-electron chi connectivity index (χ3n) is 1.77. The summed E-state index contributed by atoms with van der Waals surface area (Å²) in [5, 5.41) is 18.9. The minimum atomic E-state index is -1.48. The fourth-order valence-corrected chi connectivity index (χ4v) is 1.00. The third-order valence-corrected chi connectivity index (χ3v) is 1.77. The molecule has 0 saturated heterocycles. The molecule has 0 aliphatic rings. The van der Waals surface area contributed by atoms with Crippen molar-refractivity contribution in [2.45, 2.75) is 0 Å². The van der Waals surface area contributed by atoms with E-state index in [9.17, 15) is 9.90 Å². The van der Waals surface area contributed by atoms with E-state index in [1.54, 1.807) is 30.3 Å². The fourth-order valence-electron chi connectivity index (χ4n) is 1.00. The van der Waals surface area contributed by atoms with Crippen molar-refractivity contribution in [3.63, 3.8) is 0 Å². The second kappa shape index (κ2) is 7.07. The molecule has 16 heavy (non-hydrogen) atoms. The minimum absolute atomic E-state index is 0. The van der Waals surface area contributed by atoms with Crippen LogP contribution in [0.4, 0.5) is 0 Å². The fraction of sp³-hybridized carbons (Fsp3) is 0.0909. The molecule has 0 atom stereocenters. The van der Waals surface area contributed by atoms with Crippen LogP contribution in [0.2, 0.25) is 0 Å². The van der Waals surface area contributed by atoms with Gasteiger partial charge in [0, 0.05) is 0 Å². The van der Waals surface area contributed by atoms with Gasteiger partial charge >= 0.3 is 29.6 Å². The van der Waals surface area contributed by atoms with E-state index in [2.05, 4.69) is 0 Å². The van der Waals surface area contributed by atoms with Crippen LogP contribution in [0.3, 0.4) is 0 Å². The zero-order valence-electron chi connectivity index (χ0n) is 9.06. The van der Waals surface area contributed by atoms with Crippen LogP contribution in [-0.2, 0) is 4.79 Å². The van der Waals surface area contributed by atoms with E-state index < -0.39 is 11.5 Å². The van der Waals surface area contributed by atoms with Crippen LogP contribution in [0.15, 0.2) is 29.8 Å².